The van der Waals surface area contributed by atoms with E-state index in [-0.39, 0.29) is 12.1 Å². The maximum atomic E-state index is 5.75. The largest absolute Gasteiger partial charge is 0.497 e. The minimum atomic E-state index is 0.0366. The molecule has 110 valence electrons. The third-order valence-electron chi connectivity index (χ3n) is 3.95. The standard InChI is InChI=1S/C17H20N2O2/c1-12-4-9-16(21-12)17-13(2)19(11-10-18-17)14-5-7-15(20-3)8-6-14/h4-10,13,17H,11H2,1-3H3. The Morgan fingerprint density at radius 1 is 1.19 bits per heavy atom. The van der Waals surface area contributed by atoms with Crippen molar-refractivity contribution in [3.8, 4) is 5.75 Å². The second-order valence-electron chi connectivity index (χ2n) is 5.32. The van der Waals surface area contributed by atoms with Crippen LogP contribution in [0, 0.1) is 6.92 Å². The van der Waals surface area contributed by atoms with Gasteiger partial charge in [-0.1, -0.05) is 0 Å². The van der Waals surface area contributed by atoms with E-state index in [9.17, 15) is 0 Å². The molecule has 21 heavy (non-hydrogen) atoms. The fourth-order valence-electron chi connectivity index (χ4n) is 2.75. The lowest BCUT2D eigenvalue weighted by Crippen LogP contribution is -2.41. The van der Waals surface area contributed by atoms with E-state index in [0.29, 0.717) is 0 Å². The number of ether oxygens (including phenoxy) is 1. The molecule has 0 spiro atoms. The normalized spacial score (nSPS) is 21.6. The first-order valence-corrected chi connectivity index (χ1v) is 7.17. The molecule has 2 heterocycles. The third kappa shape index (κ3) is 2.66. The Kier molecular flexibility index (Phi) is 3.69. The predicted molar refractivity (Wildman–Crippen MR) is 84.5 cm³/mol. The molecular weight excluding hydrogens is 264 g/mol. The van der Waals surface area contributed by atoms with Crippen molar-refractivity contribution in [2.24, 2.45) is 4.99 Å². The molecule has 0 amide bonds. The number of hydrogen-bond acceptors (Lipinski definition) is 4. The average Bonchev–Trinajstić information content (AvgIpc) is 2.94. The molecule has 2 unspecified atom stereocenters. The monoisotopic (exact) mass is 284 g/mol. The molecular formula is C17H20N2O2. The van der Waals surface area contributed by atoms with Crippen LogP contribution in [0.2, 0.25) is 0 Å². The van der Waals surface area contributed by atoms with Crippen LogP contribution in [0.1, 0.15) is 24.5 Å². The van der Waals surface area contributed by atoms with Crippen LogP contribution < -0.4 is 9.64 Å². The first-order chi connectivity index (χ1) is 10.2. The summed E-state index contributed by atoms with van der Waals surface area (Å²) in [6.45, 7) is 4.95. The lowest BCUT2D eigenvalue weighted by atomic mass is 10.0. The molecule has 1 aromatic carbocycles. The van der Waals surface area contributed by atoms with Crippen molar-refractivity contribution in [3.05, 3.63) is 47.9 Å². The van der Waals surface area contributed by atoms with E-state index in [1.54, 1.807) is 7.11 Å². The van der Waals surface area contributed by atoms with Gasteiger partial charge in [0.15, 0.2) is 0 Å². The van der Waals surface area contributed by atoms with E-state index in [1.165, 1.54) is 5.69 Å². The summed E-state index contributed by atoms with van der Waals surface area (Å²) in [5.41, 5.74) is 1.17. The van der Waals surface area contributed by atoms with Gasteiger partial charge in [0.2, 0.25) is 0 Å². The molecule has 0 saturated carbocycles. The van der Waals surface area contributed by atoms with Crippen LogP contribution in [-0.2, 0) is 0 Å². The molecule has 4 heteroatoms. The number of aliphatic imine (C=N–C) groups is 1. The highest BCUT2D eigenvalue weighted by Gasteiger charge is 2.29. The lowest BCUT2D eigenvalue weighted by molar-refractivity contribution is 0.407. The van der Waals surface area contributed by atoms with E-state index < -0.39 is 0 Å². The van der Waals surface area contributed by atoms with Gasteiger partial charge in [0.05, 0.1) is 19.7 Å². The Labute approximate surface area is 125 Å². The van der Waals surface area contributed by atoms with E-state index in [2.05, 4.69) is 28.9 Å². The SMILES string of the molecule is COc1ccc(N2CC=NC(c3ccc(C)o3)C2C)cc1. The highest BCUT2D eigenvalue weighted by Crippen LogP contribution is 2.32. The molecule has 0 fully saturated rings. The highest BCUT2D eigenvalue weighted by atomic mass is 16.5. The molecule has 1 aliphatic heterocycles. The minimum Gasteiger partial charge on any atom is -0.497 e. The minimum absolute atomic E-state index is 0.0366. The molecule has 1 aromatic heterocycles. The number of hydrogen-bond donors (Lipinski definition) is 0. The molecule has 4 nitrogen and oxygen atoms in total. The Morgan fingerprint density at radius 3 is 2.57 bits per heavy atom. The van der Waals surface area contributed by atoms with Gasteiger partial charge in [0, 0.05) is 11.9 Å². The summed E-state index contributed by atoms with van der Waals surface area (Å²) in [5, 5.41) is 0. The molecule has 0 N–H and O–H groups in total. The average molecular weight is 284 g/mol. The molecule has 0 radical (unpaired) electrons. The van der Waals surface area contributed by atoms with Crippen molar-refractivity contribution in [3.63, 3.8) is 0 Å². The van der Waals surface area contributed by atoms with Gasteiger partial charge < -0.3 is 14.1 Å². The molecule has 0 saturated heterocycles. The van der Waals surface area contributed by atoms with Gasteiger partial charge in [-0.05, 0) is 50.2 Å². The Hall–Kier alpha value is -2.23. The van der Waals surface area contributed by atoms with Gasteiger partial charge in [-0.25, -0.2) is 0 Å². The van der Waals surface area contributed by atoms with Gasteiger partial charge in [0.25, 0.3) is 0 Å². The van der Waals surface area contributed by atoms with Crippen LogP contribution in [0.15, 0.2) is 45.8 Å². The van der Waals surface area contributed by atoms with Crippen LogP contribution in [-0.4, -0.2) is 25.9 Å². The van der Waals surface area contributed by atoms with Crippen molar-refractivity contribution in [2.45, 2.75) is 25.9 Å². The van der Waals surface area contributed by atoms with Gasteiger partial charge in [-0.15, -0.1) is 0 Å². The summed E-state index contributed by atoms with van der Waals surface area (Å²) < 4.78 is 11.0. The van der Waals surface area contributed by atoms with Crippen molar-refractivity contribution < 1.29 is 9.15 Å². The van der Waals surface area contributed by atoms with E-state index >= 15 is 0 Å². The van der Waals surface area contributed by atoms with Crippen LogP contribution >= 0.6 is 0 Å². The number of nitrogens with zero attached hydrogens (tertiary/aromatic N) is 2. The van der Waals surface area contributed by atoms with Crippen molar-refractivity contribution in [1.82, 2.24) is 0 Å². The smallest absolute Gasteiger partial charge is 0.130 e. The van der Waals surface area contributed by atoms with Gasteiger partial charge in [-0.2, -0.15) is 0 Å². The number of anilines is 1. The fourth-order valence-corrected chi connectivity index (χ4v) is 2.75. The van der Waals surface area contributed by atoms with Crippen LogP contribution in [0.3, 0.4) is 0 Å². The summed E-state index contributed by atoms with van der Waals surface area (Å²) in [6.07, 6.45) is 1.97. The second kappa shape index (κ2) is 5.64. The first-order valence-electron chi connectivity index (χ1n) is 7.17. The quantitative estimate of drug-likeness (QED) is 0.864. The molecule has 1 aliphatic rings. The van der Waals surface area contributed by atoms with Crippen molar-refractivity contribution in [1.29, 1.82) is 0 Å². The summed E-state index contributed by atoms with van der Waals surface area (Å²) in [4.78, 5) is 6.95. The van der Waals surface area contributed by atoms with Gasteiger partial charge >= 0.3 is 0 Å². The predicted octanol–water partition coefficient (Wildman–Crippen LogP) is 3.62. The van der Waals surface area contributed by atoms with Crippen LogP contribution in [0.5, 0.6) is 5.75 Å². The van der Waals surface area contributed by atoms with Crippen molar-refractivity contribution >= 4 is 11.9 Å². The number of aryl methyl sites for hydroxylation is 1. The molecule has 2 aromatic rings. The summed E-state index contributed by atoms with van der Waals surface area (Å²) in [6, 6.07) is 12.4. The molecule has 0 aliphatic carbocycles. The number of rotatable bonds is 3. The third-order valence-corrected chi connectivity index (χ3v) is 3.95. The zero-order valence-corrected chi connectivity index (χ0v) is 12.6. The Balaban J connectivity index is 1.85. The van der Waals surface area contributed by atoms with Crippen LogP contribution in [0.4, 0.5) is 5.69 Å². The Morgan fingerprint density at radius 2 is 1.95 bits per heavy atom. The first kappa shape index (κ1) is 13.7. The fraction of sp³-hybridized carbons (Fsp3) is 0.353. The topological polar surface area (TPSA) is 38.0 Å². The summed E-state index contributed by atoms with van der Waals surface area (Å²) in [5.74, 6) is 2.72. The summed E-state index contributed by atoms with van der Waals surface area (Å²) >= 11 is 0. The number of furan rings is 1. The highest BCUT2D eigenvalue weighted by molar-refractivity contribution is 5.69. The second-order valence-corrected chi connectivity index (χ2v) is 5.32. The molecule has 0 bridgehead atoms. The van der Waals surface area contributed by atoms with E-state index in [1.807, 2.05) is 37.4 Å². The zero-order chi connectivity index (χ0) is 14.8. The lowest BCUT2D eigenvalue weighted by Gasteiger charge is -2.36. The van der Waals surface area contributed by atoms with Gasteiger partial charge in [-0.3, -0.25) is 4.99 Å². The van der Waals surface area contributed by atoms with E-state index in [0.717, 1.165) is 23.8 Å². The molecule has 2 atom stereocenters. The number of benzene rings is 1. The zero-order valence-electron chi connectivity index (χ0n) is 12.6. The summed E-state index contributed by atoms with van der Waals surface area (Å²) in [7, 11) is 1.68. The molecule has 3 rings (SSSR count). The number of methoxy groups -OCH3 is 1. The maximum Gasteiger partial charge on any atom is 0.130 e. The maximum absolute atomic E-state index is 5.75. The van der Waals surface area contributed by atoms with Crippen molar-refractivity contribution in [2.75, 3.05) is 18.6 Å². The van der Waals surface area contributed by atoms with Crippen LogP contribution in [0.25, 0.3) is 0 Å². The Bertz CT molecular complexity index is 630. The van der Waals surface area contributed by atoms with Gasteiger partial charge in [0.1, 0.15) is 23.3 Å². The van der Waals surface area contributed by atoms with E-state index in [4.69, 9.17) is 9.15 Å².